The highest BCUT2D eigenvalue weighted by atomic mass is 19.4. The average molecular weight is 244 g/mol. The van der Waals surface area contributed by atoms with Crippen LogP contribution in [0.4, 0.5) is 13.2 Å². The summed E-state index contributed by atoms with van der Waals surface area (Å²) in [6.45, 7) is 2.02. The molecule has 0 unspecified atom stereocenters. The van der Waals surface area contributed by atoms with E-state index in [4.69, 9.17) is 11.1 Å². The summed E-state index contributed by atoms with van der Waals surface area (Å²) in [5.74, 6) is 0. The zero-order valence-corrected chi connectivity index (χ0v) is 9.56. The molecule has 1 aromatic rings. The van der Waals surface area contributed by atoms with E-state index in [1.807, 2.05) is 6.92 Å². The van der Waals surface area contributed by atoms with Gasteiger partial charge < -0.3 is 11.1 Å². The van der Waals surface area contributed by atoms with Crippen LogP contribution in [0.2, 0.25) is 0 Å². The van der Waals surface area contributed by atoms with Gasteiger partial charge in [-0.3, -0.25) is 0 Å². The number of hydrogen-bond acceptors (Lipinski definition) is 2. The lowest BCUT2D eigenvalue weighted by molar-refractivity contribution is -0.137. The van der Waals surface area contributed by atoms with Gasteiger partial charge in [0.05, 0.1) is 5.56 Å². The van der Waals surface area contributed by atoms with E-state index in [-0.39, 0.29) is 12.3 Å². The first kappa shape index (κ1) is 13.7. The summed E-state index contributed by atoms with van der Waals surface area (Å²) in [5.41, 5.74) is 5.83. The maximum atomic E-state index is 12.6. The Labute approximate surface area is 98.1 Å². The van der Waals surface area contributed by atoms with Gasteiger partial charge in [-0.1, -0.05) is 19.4 Å². The highest BCUT2D eigenvalue weighted by Crippen LogP contribution is 2.30. The Morgan fingerprint density at radius 1 is 1.35 bits per heavy atom. The molecule has 5 heteroatoms. The van der Waals surface area contributed by atoms with E-state index < -0.39 is 11.7 Å². The molecule has 3 N–H and O–H groups in total. The third-order valence-electron chi connectivity index (χ3n) is 2.48. The lowest BCUT2D eigenvalue weighted by Gasteiger charge is -2.13. The van der Waals surface area contributed by atoms with E-state index >= 15 is 0 Å². The summed E-state index contributed by atoms with van der Waals surface area (Å²) < 4.78 is 37.7. The largest absolute Gasteiger partial charge is 0.416 e. The molecule has 0 aliphatic carbocycles. The fourth-order valence-corrected chi connectivity index (χ4v) is 1.60. The summed E-state index contributed by atoms with van der Waals surface area (Å²) >= 11 is 0. The summed E-state index contributed by atoms with van der Waals surface area (Å²) in [5, 5.41) is 7.75. The molecule has 1 aromatic carbocycles. The molecule has 0 radical (unpaired) electrons. The number of rotatable bonds is 4. The molecule has 94 valence electrons. The first-order valence-electron chi connectivity index (χ1n) is 5.38. The van der Waals surface area contributed by atoms with Crippen molar-refractivity contribution < 1.29 is 13.2 Å². The maximum Gasteiger partial charge on any atom is 0.416 e. The first-order valence-corrected chi connectivity index (χ1v) is 5.38. The highest BCUT2D eigenvalue weighted by Gasteiger charge is 2.31. The molecule has 0 aromatic heterocycles. The SMILES string of the molecule is CCCC(=N)c1cc(C(F)(F)F)ccc1CN. The van der Waals surface area contributed by atoms with Crippen molar-refractivity contribution >= 4 is 5.71 Å². The normalized spacial score (nSPS) is 11.6. The van der Waals surface area contributed by atoms with Crippen molar-refractivity contribution in [3.63, 3.8) is 0 Å². The number of halogens is 3. The zero-order valence-electron chi connectivity index (χ0n) is 9.56. The second kappa shape index (κ2) is 5.31. The Morgan fingerprint density at radius 3 is 2.47 bits per heavy atom. The van der Waals surface area contributed by atoms with Crippen LogP contribution in [0.15, 0.2) is 18.2 Å². The molecule has 0 fully saturated rings. The highest BCUT2D eigenvalue weighted by molar-refractivity contribution is 5.99. The van der Waals surface area contributed by atoms with Gasteiger partial charge in [0.1, 0.15) is 0 Å². The second-order valence-electron chi connectivity index (χ2n) is 3.80. The fourth-order valence-electron chi connectivity index (χ4n) is 1.60. The van der Waals surface area contributed by atoms with Gasteiger partial charge in [-0.15, -0.1) is 0 Å². The molecule has 0 saturated heterocycles. The molecule has 0 bridgehead atoms. The third kappa shape index (κ3) is 3.30. The predicted molar refractivity (Wildman–Crippen MR) is 61.1 cm³/mol. The van der Waals surface area contributed by atoms with Crippen LogP contribution in [0.1, 0.15) is 36.5 Å². The third-order valence-corrected chi connectivity index (χ3v) is 2.48. The number of nitrogens with one attached hydrogen (secondary N) is 1. The zero-order chi connectivity index (χ0) is 13.1. The average Bonchev–Trinajstić information content (AvgIpc) is 2.27. The van der Waals surface area contributed by atoms with Crippen LogP contribution in [0.25, 0.3) is 0 Å². The summed E-state index contributed by atoms with van der Waals surface area (Å²) in [6.07, 6.45) is -3.21. The molecular formula is C12H15F3N2. The van der Waals surface area contributed by atoms with Crippen molar-refractivity contribution in [3.05, 3.63) is 34.9 Å². The van der Waals surface area contributed by atoms with E-state index in [1.54, 1.807) is 0 Å². The Balaban J connectivity index is 3.20. The van der Waals surface area contributed by atoms with Gasteiger partial charge in [0.2, 0.25) is 0 Å². The Bertz CT molecular complexity index is 411. The number of nitrogens with two attached hydrogens (primary N) is 1. The van der Waals surface area contributed by atoms with E-state index in [9.17, 15) is 13.2 Å². The van der Waals surface area contributed by atoms with Crippen LogP contribution in [-0.2, 0) is 12.7 Å². The number of alkyl halides is 3. The van der Waals surface area contributed by atoms with E-state index in [0.717, 1.165) is 18.6 Å². The van der Waals surface area contributed by atoms with Crippen molar-refractivity contribution in [1.82, 2.24) is 0 Å². The van der Waals surface area contributed by atoms with Gasteiger partial charge in [-0.25, -0.2) is 0 Å². The van der Waals surface area contributed by atoms with Crippen molar-refractivity contribution in [3.8, 4) is 0 Å². The van der Waals surface area contributed by atoms with Crippen molar-refractivity contribution in [2.24, 2.45) is 5.73 Å². The molecule has 0 spiro atoms. The smallest absolute Gasteiger partial charge is 0.326 e. The van der Waals surface area contributed by atoms with Crippen LogP contribution in [0.5, 0.6) is 0 Å². The van der Waals surface area contributed by atoms with Gasteiger partial charge in [0.15, 0.2) is 0 Å². The quantitative estimate of drug-likeness (QED) is 0.784. The predicted octanol–water partition coefficient (Wildman–Crippen LogP) is 3.33. The van der Waals surface area contributed by atoms with Crippen LogP contribution in [0.3, 0.4) is 0 Å². The van der Waals surface area contributed by atoms with E-state index in [1.165, 1.54) is 6.07 Å². The van der Waals surface area contributed by atoms with Crippen molar-refractivity contribution in [2.45, 2.75) is 32.5 Å². The topological polar surface area (TPSA) is 49.9 Å². The molecule has 2 nitrogen and oxygen atoms in total. The maximum absolute atomic E-state index is 12.6. The molecule has 0 atom stereocenters. The van der Waals surface area contributed by atoms with Crippen molar-refractivity contribution in [1.29, 1.82) is 5.41 Å². The summed E-state index contributed by atoms with van der Waals surface area (Å²) in [4.78, 5) is 0. The van der Waals surface area contributed by atoms with Crippen LogP contribution >= 0.6 is 0 Å². The summed E-state index contributed by atoms with van der Waals surface area (Å²) in [6, 6.07) is 3.37. The fraction of sp³-hybridized carbons (Fsp3) is 0.417. The van der Waals surface area contributed by atoms with Gasteiger partial charge >= 0.3 is 6.18 Å². The minimum atomic E-state index is -4.38. The molecule has 0 aliphatic rings. The number of hydrogen-bond donors (Lipinski definition) is 2. The Hall–Kier alpha value is -1.36. The molecule has 17 heavy (non-hydrogen) atoms. The van der Waals surface area contributed by atoms with Crippen LogP contribution in [-0.4, -0.2) is 5.71 Å². The summed E-state index contributed by atoms with van der Waals surface area (Å²) in [7, 11) is 0. The Kier molecular flexibility index (Phi) is 4.28. The molecule has 0 heterocycles. The lowest BCUT2D eigenvalue weighted by Crippen LogP contribution is -2.12. The molecule has 0 amide bonds. The molecule has 0 saturated carbocycles. The first-order chi connectivity index (χ1) is 7.90. The van der Waals surface area contributed by atoms with E-state index in [0.29, 0.717) is 17.5 Å². The lowest BCUT2D eigenvalue weighted by atomic mass is 9.97. The monoisotopic (exact) mass is 244 g/mol. The van der Waals surface area contributed by atoms with Gasteiger partial charge in [-0.05, 0) is 24.1 Å². The standard InChI is InChI=1S/C12H15F3N2/c1-2-3-11(17)10-6-9(12(13,14)15)5-4-8(10)7-16/h4-6,17H,2-3,7,16H2,1H3. The second-order valence-corrected chi connectivity index (χ2v) is 3.80. The van der Waals surface area contributed by atoms with Gasteiger partial charge in [0.25, 0.3) is 0 Å². The van der Waals surface area contributed by atoms with Gasteiger partial charge in [0, 0.05) is 17.8 Å². The number of benzene rings is 1. The molecule has 0 aliphatic heterocycles. The Morgan fingerprint density at radius 2 is 2.00 bits per heavy atom. The minimum absolute atomic E-state index is 0.138. The van der Waals surface area contributed by atoms with E-state index in [2.05, 4.69) is 0 Å². The van der Waals surface area contributed by atoms with Crippen molar-refractivity contribution in [2.75, 3.05) is 0 Å². The molecular weight excluding hydrogens is 229 g/mol. The van der Waals surface area contributed by atoms with Crippen LogP contribution in [0, 0.1) is 5.41 Å². The minimum Gasteiger partial charge on any atom is -0.326 e. The molecule has 1 rings (SSSR count). The van der Waals surface area contributed by atoms with Crippen LogP contribution < -0.4 is 5.73 Å². The van der Waals surface area contributed by atoms with Gasteiger partial charge in [-0.2, -0.15) is 13.2 Å².